The van der Waals surface area contributed by atoms with Crippen molar-refractivity contribution in [3.8, 4) is 0 Å². The zero-order chi connectivity index (χ0) is 13.1. The Bertz CT molecular complexity index is 644. The first-order chi connectivity index (χ1) is 9.88. The van der Waals surface area contributed by atoms with Crippen LogP contribution >= 0.6 is 0 Å². The molecule has 1 aromatic carbocycles. The van der Waals surface area contributed by atoms with Gasteiger partial charge in [-0.15, -0.1) is 0 Å². The molecule has 3 saturated carbocycles. The van der Waals surface area contributed by atoms with Gasteiger partial charge in [0.15, 0.2) is 0 Å². The van der Waals surface area contributed by atoms with Gasteiger partial charge in [-0.25, -0.2) is 0 Å². The van der Waals surface area contributed by atoms with Crippen LogP contribution < -0.4 is 5.32 Å². The number of hydrogen-bond acceptors (Lipinski definition) is 1. The number of hydrogen-bond donors (Lipinski definition) is 2. The molecule has 2 N–H and O–H groups in total. The molecule has 5 atom stereocenters. The molecule has 3 aliphatic carbocycles. The number of aromatic nitrogens is 1. The fraction of sp³-hybridized carbons (Fsp3) is 0.556. The highest BCUT2D eigenvalue weighted by Crippen LogP contribution is 2.59. The zero-order valence-electron chi connectivity index (χ0n) is 11.8. The summed E-state index contributed by atoms with van der Waals surface area (Å²) in [5.74, 6) is 4.11. The second-order valence-electron chi connectivity index (χ2n) is 7.18. The van der Waals surface area contributed by atoms with E-state index in [1.165, 1.54) is 48.7 Å². The predicted octanol–water partition coefficient (Wildman–Crippen LogP) is 4.40. The third kappa shape index (κ3) is 1.51. The van der Waals surface area contributed by atoms with E-state index in [4.69, 9.17) is 0 Å². The van der Waals surface area contributed by atoms with Gasteiger partial charge < -0.3 is 10.3 Å². The summed E-state index contributed by atoms with van der Waals surface area (Å²) in [6.07, 6.45) is 9.45. The lowest BCUT2D eigenvalue weighted by atomic mass is 9.79. The van der Waals surface area contributed by atoms with Crippen LogP contribution in [-0.4, -0.2) is 11.0 Å². The van der Waals surface area contributed by atoms with Gasteiger partial charge in [-0.1, -0.05) is 6.42 Å². The Balaban J connectivity index is 1.39. The molecule has 104 valence electrons. The first kappa shape index (κ1) is 11.2. The van der Waals surface area contributed by atoms with Crippen molar-refractivity contribution in [3.05, 3.63) is 30.5 Å². The summed E-state index contributed by atoms with van der Waals surface area (Å²) in [7, 11) is 0. The third-order valence-corrected chi connectivity index (χ3v) is 6.33. The molecule has 0 spiro atoms. The maximum atomic E-state index is 3.85. The van der Waals surface area contributed by atoms with E-state index in [1.54, 1.807) is 0 Å². The van der Waals surface area contributed by atoms with Crippen molar-refractivity contribution in [2.45, 2.75) is 38.1 Å². The van der Waals surface area contributed by atoms with Gasteiger partial charge in [-0.05, 0) is 73.6 Å². The molecule has 1 aromatic heterocycles. The SMILES string of the molecule is c1cc2cc(NC3CC4CC3C3CCCC43)ccc2[nH]1. The highest BCUT2D eigenvalue weighted by molar-refractivity contribution is 5.83. The van der Waals surface area contributed by atoms with E-state index in [-0.39, 0.29) is 0 Å². The molecule has 3 aliphatic rings. The van der Waals surface area contributed by atoms with Gasteiger partial charge in [-0.2, -0.15) is 0 Å². The van der Waals surface area contributed by atoms with Gasteiger partial charge in [0.05, 0.1) is 0 Å². The molecule has 0 aliphatic heterocycles. The number of nitrogens with one attached hydrogen (secondary N) is 2. The Hall–Kier alpha value is -1.44. The molecule has 0 radical (unpaired) electrons. The molecule has 1 heterocycles. The molecule has 5 unspecified atom stereocenters. The van der Waals surface area contributed by atoms with Crippen LogP contribution in [0.25, 0.3) is 10.9 Å². The van der Waals surface area contributed by atoms with E-state index in [9.17, 15) is 0 Å². The highest BCUT2D eigenvalue weighted by atomic mass is 15.0. The van der Waals surface area contributed by atoms with Gasteiger partial charge in [0.2, 0.25) is 0 Å². The Kier molecular flexibility index (Phi) is 2.27. The summed E-state index contributed by atoms with van der Waals surface area (Å²) in [5, 5.41) is 5.17. The fourth-order valence-electron chi connectivity index (χ4n) is 5.59. The number of fused-ring (bicyclic) bond motifs is 6. The number of rotatable bonds is 2. The zero-order valence-corrected chi connectivity index (χ0v) is 11.8. The van der Waals surface area contributed by atoms with Crippen molar-refractivity contribution in [1.29, 1.82) is 0 Å². The van der Waals surface area contributed by atoms with E-state index in [0.29, 0.717) is 0 Å². The van der Waals surface area contributed by atoms with Crippen molar-refractivity contribution in [3.63, 3.8) is 0 Å². The fourth-order valence-corrected chi connectivity index (χ4v) is 5.59. The second kappa shape index (κ2) is 4.03. The van der Waals surface area contributed by atoms with Gasteiger partial charge in [0.1, 0.15) is 0 Å². The van der Waals surface area contributed by atoms with Crippen LogP contribution in [0.1, 0.15) is 32.1 Å². The maximum Gasteiger partial charge on any atom is 0.0455 e. The Morgan fingerprint density at radius 1 is 1.00 bits per heavy atom. The van der Waals surface area contributed by atoms with Gasteiger partial charge in [-0.3, -0.25) is 0 Å². The Morgan fingerprint density at radius 2 is 1.95 bits per heavy atom. The molecule has 3 fully saturated rings. The van der Waals surface area contributed by atoms with Crippen molar-refractivity contribution < 1.29 is 0 Å². The molecule has 2 heteroatoms. The lowest BCUT2D eigenvalue weighted by Crippen LogP contribution is -2.33. The van der Waals surface area contributed by atoms with Gasteiger partial charge in [0.25, 0.3) is 0 Å². The Labute approximate surface area is 120 Å². The first-order valence-corrected chi connectivity index (χ1v) is 8.22. The molecule has 2 aromatic rings. The smallest absolute Gasteiger partial charge is 0.0455 e. The van der Waals surface area contributed by atoms with E-state index >= 15 is 0 Å². The van der Waals surface area contributed by atoms with E-state index in [2.05, 4.69) is 34.6 Å². The molecule has 5 rings (SSSR count). The molecule has 2 nitrogen and oxygen atoms in total. The summed E-state index contributed by atoms with van der Waals surface area (Å²) < 4.78 is 0. The van der Waals surface area contributed by atoms with Crippen LogP contribution in [0.15, 0.2) is 30.5 Å². The van der Waals surface area contributed by atoms with Gasteiger partial charge >= 0.3 is 0 Å². The lowest BCUT2D eigenvalue weighted by molar-refractivity contribution is 0.243. The molecule has 20 heavy (non-hydrogen) atoms. The Morgan fingerprint density at radius 3 is 2.95 bits per heavy atom. The predicted molar refractivity (Wildman–Crippen MR) is 82.8 cm³/mol. The maximum absolute atomic E-state index is 3.85. The molecule has 2 bridgehead atoms. The molecule has 0 amide bonds. The monoisotopic (exact) mass is 266 g/mol. The van der Waals surface area contributed by atoms with Crippen LogP contribution in [0.3, 0.4) is 0 Å². The molecular weight excluding hydrogens is 244 g/mol. The summed E-state index contributed by atoms with van der Waals surface area (Å²) >= 11 is 0. The lowest BCUT2D eigenvalue weighted by Gasteiger charge is -2.32. The standard InChI is InChI=1S/C18H22N2/c1-2-14-12-9-16(15(14)3-1)18(10-12)20-13-4-5-17-11(8-13)6-7-19-17/h4-8,12,14-16,18-20H,1-3,9-10H2. The van der Waals surface area contributed by atoms with Crippen molar-refractivity contribution in [2.24, 2.45) is 23.7 Å². The quantitative estimate of drug-likeness (QED) is 0.828. The minimum Gasteiger partial charge on any atom is -0.382 e. The van der Waals surface area contributed by atoms with Crippen molar-refractivity contribution in [2.75, 3.05) is 5.32 Å². The van der Waals surface area contributed by atoms with E-state index in [0.717, 1.165) is 29.7 Å². The normalized spacial score (nSPS) is 38.5. The van der Waals surface area contributed by atoms with Crippen molar-refractivity contribution >= 4 is 16.6 Å². The second-order valence-corrected chi connectivity index (χ2v) is 7.18. The summed E-state index contributed by atoms with van der Waals surface area (Å²) in [6.45, 7) is 0. The van der Waals surface area contributed by atoms with E-state index in [1.807, 2.05) is 6.20 Å². The number of anilines is 1. The topological polar surface area (TPSA) is 27.8 Å². The summed E-state index contributed by atoms with van der Waals surface area (Å²) in [4.78, 5) is 3.27. The average Bonchev–Trinajstić information content (AvgIpc) is 3.20. The van der Waals surface area contributed by atoms with Crippen LogP contribution in [0.2, 0.25) is 0 Å². The van der Waals surface area contributed by atoms with Crippen LogP contribution in [0.5, 0.6) is 0 Å². The number of aromatic amines is 1. The van der Waals surface area contributed by atoms with Crippen molar-refractivity contribution in [1.82, 2.24) is 4.98 Å². The molecule has 0 saturated heterocycles. The number of H-pyrrole nitrogens is 1. The minimum atomic E-state index is 0.732. The summed E-state index contributed by atoms with van der Waals surface area (Å²) in [5.41, 5.74) is 2.54. The van der Waals surface area contributed by atoms with Gasteiger partial charge in [0, 0.05) is 28.8 Å². The minimum absolute atomic E-state index is 0.732. The third-order valence-electron chi connectivity index (χ3n) is 6.33. The number of benzene rings is 1. The first-order valence-electron chi connectivity index (χ1n) is 8.22. The van der Waals surface area contributed by atoms with Crippen LogP contribution in [0, 0.1) is 23.7 Å². The molecular formula is C18H22N2. The largest absolute Gasteiger partial charge is 0.382 e. The average molecular weight is 266 g/mol. The van der Waals surface area contributed by atoms with E-state index < -0.39 is 0 Å². The summed E-state index contributed by atoms with van der Waals surface area (Å²) in [6, 6.07) is 9.62. The van der Waals surface area contributed by atoms with Crippen LogP contribution in [0.4, 0.5) is 5.69 Å². The van der Waals surface area contributed by atoms with Crippen LogP contribution in [-0.2, 0) is 0 Å². The highest BCUT2D eigenvalue weighted by Gasteiger charge is 2.53.